The molecule has 6 rings (SSSR count). The van der Waals surface area contributed by atoms with Crippen molar-refractivity contribution in [1.82, 2.24) is 4.90 Å². The first kappa shape index (κ1) is 16.4. The van der Waals surface area contributed by atoms with Crippen molar-refractivity contribution in [3.05, 3.63) is 70.8 Å². The van der Waals surface area contributed by atoms with Crippen LogP contribution >= 0.6 is 0 Å². The third-order valence-corrected chi connectivity index (χ3v) is 8.51. The summed E-state index contributed by atoms with van der Waals surface area (Å²) >= 11 is 0. The van der Waals surface area contributed by atoms with E-state index < -0.39 is 0 Å². The maximum Gasteiger partial charge on any atom is 0.0189 e. The molecule has 0 N–H and O–H groups in total. The van der Waals surface area contributed by atoms with Crippen LogP contribution in [0, 0.1) is 5.92 Å². The molecule has 1 nitrogen and oxygen atoms in total. The highest BCUT2D eigenvalue weighted by Gasteiger charge is 2.62. The van der Waals surface area contributed by atoms with Crippen LogP contribution in [0.1, 0.15) is 73.6 Å². The van der Waals surface area contributed by atoms with E-state index in [0.29, 0.717) is 11.3 Å². The molecular weight excluding hydrogens is 326 g/mol. The van der Waals surface area contributed by atoms with Crippen LogP contribution in [0.4, 0.5) is 0 Å². The number of likely N-dealkylation sites (tertiary alicyclic amines) is 1. The molecule has 0 radical (unpaired) electrons. The summed E-state index contributed by atoms with van der Waals surface area (Å²) in [7, 11) is 0. The van der Waals surface area contributed by atoms with Crippen LogP contribution in [0.5, 0.6) is 0 Å². The molecule has 0 aromatic heterocycles. The quantitative estimate of drug-likeness (QED) is 0.673. The van der Waals surface area contributed by atoms with E-state index in [-0.39, 0.29) is 5.41 Å². The average molecular weight is 358 g/mol. The van der Waals surface area contributed by atoms with Crippen LogP contribution in [0.2, 0.25) is 0 Å². The van der Waals surface area contributed by atoms with Crippen LogP contribution in [-0.4, -0.2) is 24.5 Å². The summed E-state index contributed by atoms with van der Waals surface area (Å²) in [5.74, 6) is 1.61. The van der Waals surface area contributed by atoms with Crippen LogP contribution in [0.3, 0.4) is 0 Å². The van der Waals surface area contributed by atoms with E-state index in [0.717, 1.165) is 5.92 Å². The number of nitrogens with zero attached hydrogens (tertiary/aromatic N) is 1. The summed E-state index contributed by atoms with van der Waals surface area (Å²) in [6.45, 7) is 6.38. The van der Waals surface area contributed by atoms with Gasteiger partial charge in [0.05, 0.1) is 0 Å². The van der Waals surface area contributed by atoms with Crippen molar-refractivity contribution in [3.63, 3.8) is 0 Å². The smallest absolute Gasteiger partial charge is 0.0189 e. The topological polar surface area (TPSA) is 3.24 Å². The molecule has 1 aliphatic heterocycles. The lowest BCUT2D eigenvalue weighted by atomic mass is 9.61. The minimum Gasteiger partial charge on any atom is -0.302 e. The molecule has 1 saturated carbocycles. The van der Waals surface area contributed by atoms with E-state index in [1.807, 2.05) is 0 Å². The Morgan fingerprint density at radius 2 is 1.59 bits per heavy atom. The second kappa shape index (κ2) is 5.70. The number of benzene rings is 2. The number of rotatable bonds is 2. The zero-order valence-electron chi connectivity index (χ0n) is 16.6. The standard InChI is InChI=1S/C26H31N/c1-25-17-26(23-14-8-7-13-22(23)25)18-27(15-19-9-3-2-4-10-19)16-24(26)20-11-5-6-12-21(20)25/h5-8,11-14,19,24H,2-4,9-10,15-18H2,1H3/t24-,25?,26-/m1/s1. The van der Waals surface area contributed by atoms with Gasteiger partial charge in [0.2, 0.25) is 0 Å². The first-order valence-corrected chi connectivity index (χ1v) is 11.1. The monoisotopic (exact) mass is 357 g/mol. The van der Waals surface area contributed by atoms with Crippen molar-refractivity contribution in [2.45, 2.75) is 62.2 Å². The largest absolute Gasteiger partial charge is 0.302 e. The van der Waals surface area contributed by atoms with Gasteiger partial charge in [-0.3, -0.25) is 0 Å². The summed E-state index contributed by atoms with van der Waals surface area (Å²) in [5, 5.41) is 0. The van der Waals surface area contributed by atoms with Gasteiger partial charge in [-0.1, -0.05) is 74.7 Å². The number of hydrogen-bond acceptors (Lipinski definition) is 1. The number of hydrogen-bond donors (Lipinski definition) is 0. The molecule has 1 heteroatoms. The Kier molecular flexibility index (Phi) is 3.46. The lowest BCUT2D eigenvalue weighted by molar-refractivity contribution is 0.220. The Hall–Kier alpha value is -1.60. The van der Waals surface area contributed by atoms with Crippen molar-refractivity contribution in [2.75, 3.05) is 19.6 Å². The maximum atomic E-state index is 2.85. The normalized spacial score (nSPS) is 34.9. The maximum absolute atomic E-state index is 2.85. The zero-order valence-corrected chi connectivity index (χ0v) is 16.6. The summed E-state index contributed by atoms with van der Waals surface area (Å²) < 4.78 is 0. The van der Waals surface area contributed by atoms with Crippen LogP contribution in [0.25, 0.3) is 0 Å². The van der Waals surface area contributed by atoms with Crippen LogP contribution < -0.4 is 0 Å². The molecule has 0 amide bonds. The van der Waals surface area contributed by atoms with Gasteiger partial charge in [0.25, 0.3) is 0 Å². The van der Waals surface area contributed by atoms with Crippen molar-refractivity contribution in [2.24, 2.45) is 5.92 Å². The van der Waals surface area contributed by atoms with E-state index in [4.69, 9.17) is 0 Å². The highest BCUT2D eigenvalue weighted by atomic mass is 15.2. The zero-order chi connectivity index (χ0) is 18.1. The second-order valence-electron chi connectivity index (χ2n) is 10.0. The van der Waals surface area contributed by atoms with Gasteiger partial charge in [0, 0.05) is 36.4 Å². The number of fused-ring (bicyclic) bond motifs is 3. The molecule has 1 heterocycles. The van der Waals surface area contributed by atoms with Crippen molar-refractivity contribution < 1.29 is 0 Å². The predicted octanol–water partition coefficient (Wildman–Crippen LogP) is 5.63. The van der Waals surface area contributed by atoms with Gasteiger partial charge in [0.1, 0.15) is 0 Å². The van der Waals surface area contributed by atoms with Crippen molar-refractivity contribution in [1.29, 1.82) is 0 Å². The Balaban J connectivity index is 1.45. The van der Waals surface area contributed by atoms with Crippen LogP contribution in [0.15, 0.2) is 48.5 Å². The summed E-state index contributed by atoms with van der Waals surface area (Å²) in [6.07, 6.45) is 8.59. The van der Waals surface area contributed by atoms with Crippen molar-refractivity contribution >= 4 is 0 Å². The van der Waals surface area contributed by atoms with E-state index in [9.17, 15) is 0 Å². The molecule has 1 spiro atoms. The summed E-state index contributed by atoms with van der Waals surface area (Å²) in [6, 6.07) is 18.8. The fourth-order valence-corrected chi connectivity index (χ4v) is 7.49. The third-order valence-electron chi connectivity index (χ3n) is 8.51. The van der Waals surface area contributed by atoms with Gasteiger partial charge in [0.15, 0.2) is 0 Å². The van der Waals surface area contributed by atoms with Gasteiger partial charge in [-0.2, -0.15) is 0 Å². The Morgan fingerprint density at radius 1 is 0.889 bits per heavy atom. The average Bonchev–Trinajstić information content (AvgIpc) is 3.18. The Bertz CT molecular complexity index is 866. The highest BCUT2D eigenvalue weighted by molar-refractivity contribution is 5.61. The molecule has 1 unspecified atom stereocenters. The molecule has 140 valence electrons. The molecule has 27 heavy (non-hydrogen) atoms. The second-order valence-corrected chi connectivity index (χ2v) is 10.0. The molecule has 1 saturated heterocycles. The third kappa shape index (κ3) is 2.15. The van der Waals surface area contributed by atoms with E-state index in [2.05, 4.69) is 60.4 Å². The summed E-state index contributed by atoms with van der Waals surface area (Å²) in [5.41, 5.74) is 7.07. The van der Waals surface area contributed by atoms with E-state index in [1.165, 1.54) is 58.2 Å². The fraction of sp³-hybridized carbons (Fsp3) is 0.538. The van der Waals surface area contributed by atoms with Gasteiger partial charge < -0.3 is 4.90 Å². The van der Waals surface area contributed by atoms with Gasteiger partial charge in [-0.15, -0.1) is 0 Å². The minimum atomic E-state index is 0.199. The highest BCUT2D eigenvalue weighted by Crippen LogP contribution is 2.65. The van der Waals surface area contributed by atoms with Gasteiger partial charge in [-0.05, 0) is 47.4 Å². The Morgan fingerprint density at radius 3 is 2.41 bits per heavy atom. The van der Waals surface area contributed by atoms with E-state index in [1.54, 1.807) is 22.3 Å². The molecule has 3 atom stereocenters. The van der Waals surface area contributed by atoms with Gasteiger partial charge in [-0.25, -0.2) is 0 Å². The van der Waals surface area contributed by atoms with Crippen molar-refractivity contribution in [3.8, 4) is 0 Å². The first-order valence-electron chi connectivity index (χ1n) is 11.1. The minimum absolute atomic E-state index is 0.199. The van der Waals surface area contributed by atoms with Gasteiger partial charge >= 0.3 is 0 Å². The molecule has 2 aromatic rings. The molecule has 2 bridgehead atoms. The first-order chi connectivity index (χ1) is 13.2. The SMILES string of the molecule is CC12C[C@@]3(CN(CC4CCCCC4)C[C@@H]3c3ccccc31)c1ccccc12. The van der Waals surface area contributed by atoms with E-state index >= 15 is 0 Å². The summed E-state index contributed by atoms with van der Waals surface area (Å²) in [4.78, 5) is 2.85. The molecular formula is C26H31N. The predicted molar refractivity (Wildman–Crippen MR) is 111 cm³/mol. The lowest BCUT2D eigenvalue weighted by Gasteiger charge is -2.42. The molecule has 4 aliphatic rings. The Labute approximate surface area is 163 Å². The lowest BCUT2D eigenvalue weighted by Crippen LogP contribution is -2.39. The fourth-order valence-electron chi connectivity index (χ4n) is 7.49. The molecule has 3 aliphatic carbocycles. The molecule has 2 fully saturated rings. The van der Waals surface area contributed by atoms with Crippen LogP contribution in [-0.2, 0) is 10.8 Å². The molecule has 2 aromatic carbocycles.